The van der Waals surface area contributed by atoms with Crippen LogP contribution in [0, 0.1) is 13.8 Å². The molecule has 0 saturated heterocycles. The van der Waals surface area contributed by atoms with E-state index in [0.29, 0.717) is 5.78 Å². The van der Waals surface area contributed by atoms with Crippen LogP contribution < -0.4 is 0 Å². The third-order valence-corrected chi connectivity index (χ3v) is 3.99. The van der Waals surface area contributed by atoms with Crippen molar-refractivity contribution in [3.63, 3.8) is 0 Å². The number of carbonyl (C=O) groups excluding carboxylic acids is 1. The Bertz CT molecular complexity index is 921. The van der Waals surface area contributed by atoms with Crippen LogP contribution in [-0.4, -0.2) is 25.6 Å². The van der Waals surface area contributed by atoms with E-state index in [1.807, 2.05) is 32.0 Å². The Morgan fingerprint density at radius 3 is 2.44 bits per heavy atom. The fraction of sp³-hybridized carbons (Fsp3) is 0.368. The van der Waals surface area contributed by atoms with Crippen LogP contribution in [0.25, 0.3) is 5.78 Å². The summed E-state index contributed by atoms with van der Waals surface area (Å²) >= 11 is 0. The number of carbonyl (C=O) groups is 1. The molecule has 1 aromatic carbocycles. The van der Waals surface area contributed by atoms with Gasteiger partial charge in [-0.2, -0.15) is 4.98 Å². The van der Waals surface area contributed by atoms with E-state index < -0.39 is 5.97 Å². The summed E-state index contributed by atoms with van der Waals surface area (Å²) in [7, 11) is 0. The van der Waals surface area contributed by atoms with Crippen LogP contribution in [0.1, 0.15) is 53.9 Å². The van der Waals surface area contributed by atoms with Gasteiger partial charge in [-0.25, -0.2) is 14.3 Å². The lowest BCUT2D eigenvalue weighted by Crippen LogP contribution is -2.11. The average molecular weight is 338 g/mol. The number of aromatic nitrogens is 4. The zero-order valence-electron chi connectivity index (χ0n) is 15.2. The summed E-state index contributed by atoms with van der Waals surface area (Å²) in [5, 5.41) is 4.18. The molecule has 0 fully saturated rings. The third kappa shape index (κ3) is 3.68. The Morgan fingerprint density at radius 1 is 1.12 bits per heavy atom. The molecule has 0 unspecified atom stereocenters. The largest absolute Gasteiger partial charge is 0.455 e. The second kappa shape index (κ2) is 6.27. The lowest BCUT2D eigenvalue weighted by molar-refractivity contribution is 0.0458. The van der Waals surface area contributed by atoms with Gasteiger partial charge in [-0.15, -0.1) is 5.10 Å². The summed E-state index contributed by atoms with van der Waals surface area (Å²) in [5.41, 5.74) is 3.96. The quantitative estimate of drug-likeness (QED) is 0.685. The summed E-state index contributed by atoms with van der Waals surface area (Å²) in [6.45, 7) is 10.4. The van der Waals surface area contributed by atoms with Gasteiger partial charge in [0.2, 0.25) is 0 Å². The predicted octanol–water partition coefficient (Wildman–Crippen LogP) is 3.40. The van der Waals surface area contributed by atoms with Crippen LogP contribution in [0.2, 0.25) is 0 Å². The fourth-order valence-corrected chi connectivity index (χ4v) is 2.57. The second-order valence-electron chi connectivity index (χ2n) is 7.21. The molecule has 0 N–H and O–H groups in total. The van der Waals surface area contributed by atoms with E-state index in [1.165, 1.54) is 5.56 Å². The van der Waals surface area contributed by atoms with Crippen molar-refractivity contribution < 1.29 is 9.53 Å². The van der Waals surface area contributed by atoms with Gasteiger partial charge in [0.15, 0.2) is 0 Å². The normalized spacial score (nSPS) is 11.7. The number of hydrogen-bond acceptors (Lipinski definition) is 5. The van der Waals surface area contributed by atoms with Crippen LogP contribution in [0.5, 0.6) is 0 Å². The highest BCUT2D eigenvalue weighted by atomic mass is 16.5. The Labute approximate surface area is 146 Å². The second-order valence-corrected chi connectivity index (χ2v) is 7.21. The summed E-state index contributed by atoms with van der Waals surface area (Å²) in [4.78, 5) is 20.7. The van der Waals surface area contributed by atoms with Gasteiger partial charge in [0, 0.05) is 11.4 Å². The van der Waals surface area contributed by atoms with E-state index in [-0.39, 0.29) is 17.8 Å². The van der Waals surface area contributed by atoms with Crippen molar-refractivity contribution in [2.75, 3.05) is 0 Å². The van der Waals surface area contributed by atoms with Crippen molar-refractivity contribution in [2.24, 2.45) is 0 Å². The Hall–Kier alpha value is -2.76. The van der Waals surface area contributed by atoms with Crippen LogP contribution in [0.4, 0.5) is 0 Å². The smallest absolute Gasteiger partial charge is 0.378 e. The lowest BCUT2D eigenvalue weighted by atomic mass is 9.87. The van der Waals surface area contributed by atoms with Gasteiger partial charge < -0.3 is 4.74 Å². The van der Waals surface area contributed by atoms with Gasteiger partial charge in [0.1, 0.15) is 6.61 Å². The molecule has 3 rings (SSSR count). The number of esters is 1. The summed E-state index contributed by atoms with van der Waals surface area (Å²) in [6.07, 6.45) is 0. The van der Waals surface area contributed by atoms with E-state index in [0.717, 1.165) is 17.0 Å². The molecule has 0 radical (unpaired) electrons. The van der Waals surface area contributed by atoms with E-state index in [1.54, 1.807) is 4.52 Å². The van der Waals surface area contributed by atoms with E-state index >= 15 is 0 Å². The summed E-state index contributed by atoms with van der Waals surface area (Å²) in [5.74, 6) is -0.131. The first-order valence-electron chi connectivity index (χ1n) is 8.21. The number of benzene rings is 1. The molecular weight excluding hydrogens is 316 g/mol. The van der Waals surface area contributed by atoms with Crippen molar-refractivity contribution in [3.05, 3.63) is 58.7 Å². The molecule has 25 heavy (non-hydrogen) atoms. The molecule has 0 aliphatic rings. The fourth-order valence-electron chi connectivity index (χ4n) is 2.57. The number of fused-ring (bicyclic) bond motifs is 1. The molecule has 0 spiro atoms. The first-order chi connectivity index (χ1) is 11.7. The van der Waals surface area contributed by atoms with Crippen molar-refractivity contribution in [1.82, 2.24) is 19.6 Å². The molecule has 3 aromatic rings. The van der Waals surface area contributed by atoms with E-state index in [2.05, 4.69) is 48.0 Å². The summed E-state index contributed by atoms with van der Waals surface area (Å²) < 4.78 is 6.88. The molecule has 0 aliphatic carbocycles. The number of nitrogens with zero attached hydrogens (tertiary/aromatic N) is 4. The highest BCUT2D eigenvalue weighted by Gasteiger charge is 2.17. The van der Waals surface area contributed by atoms with Crippen molar-refractivity contribution in [3.8, 4) is 0 Å². The zero-order valence-corrected chi connectivity index (χ0v) is 15.2. The molecule has 2 heterocycles. The molecule has 6 nitrogen and oxygen atoms in total. The van der Waals surface area contributed by atoms with Crippen LogP contribution in [0.3, 0.4) is 0 Å². The maximum absolute atomic E-state index is 12.2. The Morgan fingerprint density at radius 2 is 1.80 bits per heavy atom. The van der Waals surface area contributed by atoms with Crippen molar-refractivity contribution in [2.45, 2.75) is 46.6 Å². The molecule has 0 aliphatic heterocycles. The SMILES string of the molecule is Cc1cc(C)n2nc(C(=O)OCc3ccc(C(C)(C)C)cc3)nc2n1. The van der Waals surface area contributed by atoms with Gasteiger partial charge in [-0.05, 0) is 36.5 Å². The van der Waals surface area contributed by atoms with Crippen LogP contribution in [-0.2, 0) is 16.8 Å². The highest BCUT2D eigenvalue weighted by Crippen LogP contribution is 2.22. The minimum atomic E-state index is -0.553. The van der Waals surface area contributed by atoms with Gasteiger partial charge in [0.25, 0.3) is 11.6 Å². The standard InChI is InChI=1S/C19H22N4O2/c1-12-10-13(2)23-18(20-12)21-16(22-23)17(24)25-11-14-6-8-15(9-7-14)19(3,4)5/h6-10H,11H2,1-5H3. The van der Waals surface area contributed by atoms with Crippen LogP contribution >= 0.6 is 0 Å². The third-order valence-electron chi connectivity index (χ3n) is 3.99. The topological polar surface area (TPSA) is 69.4 Å². The van der Waals surface area contributed by atoms with Crippen LogP contribution in [0.15, 0.2) is 30.3 Å². The predicted molar refractivity (Wildman–Crippen MR) is 94.5 cm³/mol. The minimum Gasteiger partial charge on any atom is -0.455 e. The monoisotopic (exact) mass is 338 g/mol. The van der Waals surface area contributed by atoms with Crippen molar-refractivity contribution >= 4 is 11.7 Å². The maximum Gasteiger partial charge on any atom is 0.378 e. The van der Waals surface area contributed by atoms with Gasteiger partial charge >= 0.3 is 5.97 Å². The number of aryl methyl sites for hydroxylation is 2. The molecule has 6 heteroatoms. The van der Waals surface area contributed by atoms with Crippen molar-refractivity contribution in [1.29, 1.82) is 0 Å². The highest BCUT2D eigenvalue weighted by molar-refractivity contribution is 5.85. The molecule has 2 aromatic heterocycles. The zero-order chi connectivity index (χ0) is 18.2. The van der Waals surface area contributed by atoms with Gasteiger partial charge in [-0.3, -0.25) is 0 Å². The van der Waals surface area contributed by atoms with E-state index in [9.17, 15) is 4.79 Å². The molecule has 0 bridgehead atoms. The van der Waals surface area contributed by atoms with Gasteiger partial charge in [-0.1, -0.05) is 45.0 Å². The Balaban J connectivity index is 1.71. The molecular formula is C19H22N4O2. The Kier molecular flexibility index (Phi) is 4.29. The molecule has 0 atom stereocenters. The number of ether oxygens (including phenoxy) is 1. The van der Waals surface area contributed by atoms with Gasteiger partial charge in [0.05, 0.1) is 0 Å². The number of hydrogen-bond donors (Lipinski definition) is 0. The molecule has 0 amide bonds. The first kappa shape index (κ1) is 17.1. The summed E-state index contributed by atoms with van der Waals surface area (Å²) in [6, 6.07) is 9.94. The minimum absolute atomic E-state index is 0.0208. The van der Waals surface area contributed by atoms with E-state index in [4.69, 9.17) is 4.74 Å². The number of rotatable bonds is 3. The average Bonchev–Trinajstić information content (AvgIpc) is 2.96. The molecule has 0 saturated carbocycles. The molecule has 130 valence electrons. The lowest BCUT2D eigenvalue weighted by Gasteiger charge is -2.19. The first-order valence-corrected chi connectivity index (χ1v) is 8.21. The maximum atomic E-state index is 12.2.